The van der Waals surface area contributed by atoms with E-state index < -0.39 is 0 Å². The van der Waals surface area contributed by atoms with Gasteiger partial charge in [0, 0.05) is 10.0 Å². The van der Waals surface area contributed by atoms with Gasteiger partial charge in [0.2, 0.25) is 0 Å². The number of hydrazone groups is 1. The van der Waals surface area contributed by atoms with Crippen molar-refractivity contribution in [2.24, 2.45) is 10.8 Å². The molecule has 0 atom stereocenters. The molecule has 0 fully saturated rings. The predicted molar refractivity (Wildman–Crippen MR) is 103 cm³/mol. The fourth-order valence-electron chi connectivity index (χ4n) is 1.82. The largest absolute Gasteiger partial charge is 0.497 e. The van der Waals surface area contributed by atoms with E-state index in [1.807, 2.05) is 60.7 Å². The number of nitrogens with two attached hydrogens (primary N) is 1. The number of hydrogen-bond acceptors (Lipinski definition) is 3. The van der Waals surface area contributed by atoms with Gasteiger partial charge in [-0.05, 0) is 48.1 Å². The lowest BCUT2D eigenvalue weighted by Gasteiger charge is -2.04. The number of benzene rings is 2. The van der Waals surface area contributed by atoms with Crippen LogP contribution in [0.3, 0.4) is 0 Å². The van der Waals surface area contributed by atoms with E-state index in [0.717, 1.165) is 27.1 Å². The number of halogens is 1. The van der Waals surface area contributed by atoms with Crippen LogP contribution in [0.25, 0.3) is 6.08 Å². The summed E-state index contributed by atoms with van der Waals surface area (Å²) in [6.45, 7) is 0. The van der Waals surface area contributed by atoms with Gasteiger partial charge in [0.15, 0.2) is 5.11 Å². The molecule has 0 aliphatic carbocycles. The van der Waals surface area contributed by atoms with E-state index in [-0.39, 0.29) is 5.11 Å². The summed E-state index contributed by atoms with van der Waals surface area (Å²) in [4.78, 5) is 0. The van der Waals surface area contributed by atoms with Crippen LogP contribution in [0.4, 0.5) is 0 Å². The van der Waals surface area contributed by atoms with Gasteiger partial charge in [-0.2, -0.15) is 5.10 Å². The number of allylic oxidation sites excluding steroid dienone is 1. The van der Waals surface area contributed by atoms with E-state index in [1.54, 1.807) is 7.11 Å². The molecule has 4 nitrogen and oxygen atoms in total. The van der Waals surface area contributed by atoms with Gasteiger partial charge in [-0.25, -0.2) is 0 Å². The van der Waals surface area contributed by atoms with Crippen molar-refractivity contribution in [3.05, 3.63) is 70.2 Å². The predicted octanol–water partition coefficient (Wildman–Crippen LogP) is 3.71. The molecule has 23 heavy (non-hydrogen) atoms. The lowest BCUT2D eigenvalue weighted by atomic mass is 10.1. The second-order valence-electron chi connectivity index (χ2n) is 4.59. The van der Waals surface area contributed by atoms with Gasteiger partial charge in [-0.15, -0.1) is 0 Å². The molecule has 0 saturated heterocycles. The smallest absolute Gasteiger partial charge is 0.184 e. The Morgan fingerprint density at radius 1 is 1.17 bits per heavy atom. The molecule has 6 heteroatoms. The second kappa shape index (κ2) is 8.45. The van der Waals surface area contributed by atoms with Gasteiger partial charge in [-0.1, -0.05) is 46.3 Å². The quantitative estimate of drug-likeness (QED) is 0.464. The molecule has 0 saturated carbocycles. The highest BCUT2D eigenvalue weighted by Gasteiger charge is 2.01. The first-order chi connectivity index (χ1) is 11.1. The Bertz CT molecular complexity index is 725. The minimum Gasteiger partial charge on any atom is -0.497 e. The van der Waals surface area contributed by atoms with Crippen LogP contribution in [0.5, 0.6) is 5.75 Å². The summed E-state index contributed by atoms with van der Waals surface area (Å²) in [7, 11) is 1.64. The molecule has 2 aromatic rings. The third-order valence-electron chi connectivity index (χ3n) is 2.98. The standard InChI is InChI=1S/C17H16BrN3OS/c1-22-15-9-2-12(3-10-15)4-11-16(20-21-17(19)23)13-5-7-14(18)8-6-13/h2-11H,1H3,(H3,19,21,23)/b11-4+,20-16+. The zero-order valence-corrected chi connectivity index (χ0v) is 14.9. The second-order valence-corrected chi connectivity index (χ2v) is 5.94. The zero-order valence-electron chi connectivity index (χ0n) is 12.5. The van der Waals surface area contributed by atoms with Crippen LogP contribution in [0, 0.1) is 0 Å². The number of nitrogens with zero attached hydrogens (tertiary/aromatic N) is 1. The first-order valence-corrected chi connectivity index (χ1v) is 8.00. The first-order valence-electron chi connectivity index (χ1n) is 6.79. The molecule has 0 aliphatic heterocycles. The third-order valence-corrected chi connectivity index (χ3v) is 3.60. The maximum absolute atomic E-state index is 5.45. The fraction of sp³-hybridized carbons (Fsp3) is 0.0588. The SMILES string of the molecule is COc1ccc(/C=C/C(=N\NC(N)=S)c2ccc(Br)cc2)cc1. The molecule has 0 amide bonds. The average Bonchev–Trinajstić information content (AvgIpc) is 2.56. The van der Waals surface area contributed by atoms with Gasteiger partial charge in [0.1, 0.15) is 5.75 Å². The summed E-state index contributed by atoms with van der Waals surface area (Å²) in [5.74, 6) is 0.819. The van der Waals surface area contributed by atoms with Crippen LogP contribution in [-0.4, -0.2) is 17.9 Å². The fourth-order valence-corrected chi connectivity index (χ4v) is 2.13. The molecule has 2 rings (SSSR count). The summed E-state index contributed by atoms with van der Waals surface area (Å²) in [5, 5.41) is 4.37. The average molecular weight is 390 g/mol. The van der Waals surface area contributed by atoms with Crippen molar-refractivity contribution in [3.63, 3.8) is 0 Å². The van der Waals surface area contributed by atoms with Crippen LogP contribution < -0.4 is 15.9 Å². The van der Waals surface area contributed by atoms with Crippen LogP contribution >= 0.6 is 28.1 Å². The molecule has 2 aromatic carbocycles. The van der Waals surface area contributed by atoms with E-state index in [1.165, 1.54) is 0 Å². The highest BCUT2D eigenvalue weighted by atomic mass is 79.9. The molecule has 0 aliphatic rings. The summed E-state index contributed by atoms with van der Waals surface area (Å²) in [5.41, 5.74) is 10.8. The summed E-state index contributed by atoms with van der Waals surface area (Å²) >= 11 is 8.22. The highest BCUT2D eigenvalue weighted by molar-refractivity contribution is 9.10. The third kappa shape index (κ3) is 5.50. The van der Waals surface area contributed by atoms with Gasteiger partial charge in [-0.3, -0.25) is 5.43 Å². The zero-order chi connectivity index (χ0) is 16.7. The van der Waals surface area contributed by atoms with E-state index in [9.17, 15) is 0 Å². The Morgan fingerprint density at radius 3 is 2.39 bits per heavy atom. The van der Waals surface area contributed by atoms with Crippen LogP contribution in [0.15, 0.2) is 64.2 Å². The van der Waals surface area contributed by atoms with Gasteiger partial charge in [0.25, 0.3) is 0 Å². The lowest BCUT2D eigenvalue weighted by molar-refractivity contribution is 0.415. The number of hydrogen-bond donors (Lipinski definition) is 2. The van der Waals surface area contributed by atoms with Crippen molar-refractivity contribution >= 4 is 45.0 Å². The van der Waals surface area contributed by atoms with Crippen molar-refractivity contribution in [1.29, 1.82) is 0 Å². The number of nitrogens with one attached hydrogen (secondary N) is 1. The van der Waals surface area contributed by atoms with E-state index >= 15 is 0 Å². The van der Waals surface area contributed by atoms with Gasteiger partial charge >= 0.3 is 0 Å². The minimum absolute atomic E-state index is 0.123. The van der Waals surface area contributed by atoms with Crippen molar-refractivity contribution in [2.75, 3.05) is 7.11 Å². The molecular weight excluding hydrogens is 374 g/mol. The Hall–Kier alpha value is -2.18. The molecule has 0 bridgehead atoms. The number of methoxy groups -OCH3 is 1. The van der Waals surface area contributed by atoms with Gasteiger partial charge < -0.3 is 10.5 Å². The van der Waals surface area contributed by atoms with E-state index in [2.05, 4.69) is 26.5 Å². The van der Waals surface area contributed by atoms with Crippen molar-refractivity contribution in [2.45, 2.75) is 0 Å². The first kappa shape index (κ1) is 17.2. The normalized spacial score (nSPS) is 11.5. The molecule has 118 valence electrons. The lowest BCUT2D eigenvalue weighted by Crippen LogP contribution is -2.25. The number of rotatable bonds is 5. The topological polar surface area (TPSA) is 59.6 Å². The van der Waals surface area contributed by atoms with Crippen molar-refractivity contribution in [3.8, 4) is 5.75 Å². The molecule has 3 N–H and O–H groups in total. The number of thiocarbonyl (C=S) groups is 1. The Balaban J connectivity index is 2.25. The summed E-state index contributed by atoms with van der Waals surface area (Å²) < 4.78 is 6.15. The maximum Gasteiger partial charge on any atom is 0.184 e. The van der Waals surface area contributed by atoms with Crippen molar-refractivity contribution in [1.82, 2.24) is 5.43 Å². The molecule has 0 spiro atoms. The molecule has 0 radical (unpaired) electrons. The summed E-state index contributed by atoms with van der Waals surface area (Å²) in [6, 6.07) is 15.6. The minimum atomic E-state index is 0.123. The molecule has 0 unspecified atom stereocenters. The Morgan fingerprint density at radius 2 is 1.83 bits per heavy atom. The summed E-state index contributed by atoms with van der Waals surface area (Å²) in [6.07, 6.45) is 3.86. The van der Waals surface area contributed by atoms with Crippen LogP contribution in [-0.2, 0) is 0 Å². The highest BCUT2D eigenvalue weighted by Crippen LogP contribution is 2.14. The Labute approximate surface area is 149 Å². The van der Waals surface area contributed by atoms with Gasteiger partial charge in [0.05, 0.1) is 12.8 Å². The molecule has 0 heterocycles. The van der Waals surface area contributed by atoms with Crippen LogP contribution in [0.2, 0.25) is 0 Å². The maximum atomic E-state index is 5.45. The van der Waals surface area contributed by atoms with E-state index in [4.69, 9.17) is 22.7 Å². The number of ether oxygens (including phenoxy) is 1. The Kier molecular flexibility index (Phi) is 6.31. The molecule has 0 aromatic heterocycles. The van der Waals surface area contributed by atoms with E-state index in [0.29, 0.717) is 0 Å². The monoisotopic (exact) mass is 389 g/mol. The molecular formula is C17H16BrN3OS. The van der Waals surface area contributed by atoms with Crippen molar-refractivity contribution < 1.29 is 4.74 Å². The van der Waals surface area contributed by atoms with Crippen LogP contribution in [0.1, 0.15) is 11.1 Å².